The lowest BCUT2D eigenvalue weighted by molar-refractivity contribution is -0.138. The third-order valence-electron chi connectivity index (χ3n) is 4.02. The summed E-state index contributed by atoms with van der Waals surface area (Å²) < 4.78 is 41.0. The summed E-state index contributed by atoms with van der Waals surface area (Å²) in [6.07, 6.45) is -1.90. The molecule has 118 valence electrons. The van der Waals surface area contributed by atoms with Crippen molar-refractivity contribution in [1.82, 2.24) is 14.8 Å². The van der Waals surface area contributed by atoms with Crippen LogP contribution in [0.1, 0.15) is 41.7 Å². The van der Waals surface area contributed by atoms with Crippen LogP contribution in [0.4, 0.5) is 13.2 Å². The Hall–Kier alpha value is -1.89. The second kappa shape index (κ2) is 5.72. The first-order valence-electron chi connectivity index (χ1n) is 7.19. The predicted molar refractivity (Wildman–Crippen MR) is 73.3 cm³/mol. The van der Waals surface area contributed by atoms with Gasteiger partial charge in [-0.1, -0.05) is 18.2 Å². The minimum absolute atomic E-state index is 0.0547. The van der Waals surface area contributed by atoms with Gasteiger partial charge >= 0.3 is 6.18 Å². The fraction of sp³-hybridized carbons (Fsp3) is 0.467. The minimum Gasteiger partial charge on any atom is -0.394 e. The van der Waals surface area contributed by atoms with E-state index in [1.807, 2.05) is 0 Å². The van der Waals surface area contributed by atoms with Gasteiger partial charge in [-0.25, -0.2) is 0 Å². The second-order valence-corrected chi connectivity index (χ2v) is 5.46. The third-order valence-corrected chi connectivity index (χ3v) is 4.02. The number of nitrogens with zero attached hydrogens (tertiary/aromatic N) is 3. The molecule has 0 spiro atoms. The average Bonchev–Trinajstić information content (AvgIpc) is 2.90. The summed E-state index contributed by atoms with van der Waals surface area (Å²) in [4.78, 5) is 0. The van der Waals surface area contributed by atoms with E-state index in [2.05, 4.69) is 10.2 Å². The van der Waals surface area contributed by atoms with Crippen LogP contribution in [-0.2, 0) is 19.0 Å². The molecule has 0 radical (unpaired) electrons. The molecule has 1 aliphatic rings. The largest absolute Gasteiger partial charge is 0.416 e. The van der Waals surface area contributed by atoms with Gasteiger partial charge in [0.05, 0.1) is 18.2 Å². The van der Waals surface area contributed by atoms with E-state index in [0.29, 0.717) is 5.82 Å². The van der Waals surface area contributed by atoms with Gasteiger partial charge < -0.3 is 9.67 Å². The van der Waals surface area contributed by atoms with E-state index in [9.17, 15) is 18.3 Å². The number of rotatable bonds is 3. The first-order chi connectivity index (χ1) is 10.5. The van der Waals surface area contributed by atoms with Crippen molar-refractivity contribution in [2.45, 2.75) is 37.9 Å². The molecule has 1 aromatic heterocycles. The summed E-state index contributed by atoms with van der Waals surface area (Å²) in [5.41, 5.74) is -0.476. The quantitative estimate of drug-likeness (QED) is 0.948. The fourth-order valence-electron chi connectivity index (χ4n) is 2.99. The summed E-state index contributed by atoms with van der Waals surface area (Å²) in [6.45, 7) is -0.0566. The number of aliphatic hydroxyl groups is 1. The maximum Gasteiger partial charge on any atom is 0.416 e. The highest BCUT2D eigenvalue weighted by Crippen LogP contribution is 2.33. The van der Waals surface area contributed by atoms with E-state index in [-0.39, 0.29) is 24.6 Å². The third kappa shape index (κ3) is 2.72. The predicted octanol–water partition coefficient (Wildman–Crippen LogP) is 2.76. The maximum atomic E-state index is 13.1. The van der Waals surface area contributed by atoms with Crippen molar-refractivity contribution in [3.05, 3.63) is 47.0 Å². The molecule has 1 N–H and O–H groups in total. The zero-order valence-corrected chi connectivity index (χ0v) is 11.8. The number of alkyl halides is 3. The van der Waals surface area contributed by atoms with Crippen molar-refractivity contribution >= 4 is 0 Å². The minimum atomic E-state index is -4.39. The lowest BCUT2D eigenvalue weighted by atomic mass is 10.0. The van der Waals surface area contributed by atoms with Crippen molar-refractivity contribution in [2.24, 2.45) is 0 Å². The molecule has 0 aliphatic carbocycles. The highest BCUT2D eigenvalue weighted by atomic mass is 19.4. The van der Waals surface area contributed by atoms with Crippen LogP contribution in [0.3, 0.4) is 0 Å². The number of halogens is 3. The van der Waals surface area contributed by atoms with E-state index in [1.165, 1.54) is 12.1 Å². The number of benzene rings is 1. The Balaban J connectivity index is 1.97. The molecule has 1 aliphatic heterocycles. The lowest BCUT2D eigenvalue weighted by Crippen LogP contribution is -2.23. The van der Waals surface area contributed by atoms with Crippen molar-refractivity contribution in [3.8, 4) is 0 Å². The second-order valence-electron chi connectivity index (χ2n) is 5.46. The van der Waals surface area contributed by atoms with Crippen LogP contribution in [0.2, 0.25) is 0 Å². The van der Waals surface area contributed by atoms with Gasteiger partial charge in [0.2, 0.25) is 0 Å². The molecule has 2 heterocycles. The Morgan fingerprint density at radius 3 is 2.73 bits per heavy atom. The van der Waals surface area contributed by atoms with Gasteiger partial charge in [-0.3, -0.25) is 0 Å². The summed E-state index contributed by atoms with van der Waals surface area (Å²) in [6, 6.07) is 5.35. The molecule has 0 saturated heterocycles. The number of aromatic nitrogens is 3. The lowest BCUT2D eigenvalue weighted by Gasteiger charge is -2.24. The van der Waals surface area contributed by atoms with Crippen LogP contribution in [0, 0.1) is 0 Å². The van der Waals surface area contributed by atoms with Gasteiger partial charge in [0.25, 0.3) is 0 Å². The van der Waals surface area contributed by atoms with Gasteiger partial charge in [0.1, 0.15) is 11.6 Å². The van der Waals surface area contributed by atoms with Crippen LogP contribution < -0.4 is 0 Å². The normalized spacial score (nSPS) is 18.3. The Kier molecular flexibility index (Phi) is 3.90. The number of aliphatic hydroxyl groups excluding tert-OH is 1. The van der Waals surface area contributed by atoms with Gasteiger partial charge in [-0.15, -0.1) is 10.2 Å². The van der Waals surface area contributed by atoms with E-state index >= 15 is 0 Å². The molecule has 0 fully saturated rings. The fourth-order valence-corrected chi connectivity index (χ4v) is 2.99. The van der Waals surface area contributed by atoms with Crippen molar-refractivity contribution in [2.75, 3.05) is 6.61 Å². The Morgan fingerprint density at radius 1 is 1.23 bits per heavy atom. The first kappa shape index (κ1) is 15.0. The van der Waals surface area contributed by atoms with E-state index < -0.39 is 11.7 Å². The molecule has 7 heteroatoms. The SMILES string of the molecule is OCC1CCCc2nnc(Cc3ccccc3C(F)(F)F)n21. The monoisotopic (exact) mass is 311 g/mol. The van der Waals surface area contributed by atoms with Crippen LogP contribution >= 0.6 is 0 Å². The van der Waals surface area contributed by atoms with Crippen LogP contribution in [0.15, 0.2) is 24.3 Å². The van der Waals surface area contributed by atoms with Gasteiger partial charge in [-0.05, 0) is 24.5 Å². The Labute approximate surface area is 125 Å². The zero-order chi connectivity index (χ0) is 15.7. The van der Waals surface area contributed by atoms with Gasteiger partial charge in [0, 0.05) is 12.8 Å². The number of fused-ring (bicyclic) bond motifs is 1. The molecule has 1 atom stereocenters. The summed E-state index contributed by atoms with van der Waals surface area (Å²) >= 11 is 0. The highest BCUT2D eigenvalue weighted by molar-refractivity contribution is 5.32. The van der Waals surface area contributed by atoms with E-state index in [0.717, 1.165) is 31.2 Å². The molecule has 22 heavy (non-hydrogen) atoms. The topological polar surface area (TPSA) is 50.9 Å². The van der Waals surface area contributed by atoms with E-state index in [4.69, 9.17) is 0 Å². The van der Waals surface area contributed by atoms with Crippen molar-refractivity contribution < 1.29 is 18.3 Å². The molecule has 4 nitrogen and oxygen atoms in total. The highest BCUT2D eigenvalue weighted by Gasteiger charge is 2.33. The molecule has 1 unspecified atom stereocenters. The number of aryl methyl sites for hydroxylation is 1. The van der Waals surface area contributed by atoms with Crippen molar-refractivity contribution in [3.63, 3.8) is 0 Å². The smallest absolute Gasteiger partial charge is 0.394 e. The summed E-state index contributed by atoms with van der Waals surface area (Å²) in [5.74, 6) is 1.22. The molecule has 2 aromatic rings. The zero-order valence-electron chi connectivity index (χ0n) is 11.8. The molecule has 0 amide bonds. The van der Waals surface area contributed by atoms with Crippen LogP contribution in [-0.4, -0.2) is 26.5 Å². The number of hydrogen-bond acceptors (Lipinski definition) is 3. The van der Waals surface area contributed by atoms with Gasteiger partial charge in [0.15, 0.2) is 0 Å². The molecular weight excluding hydrogens is 295 g/mol. The van der Waals surface area contributed by atoms with Crippen molar-refractivity contribution in [1.29, 1.82) is 0 Å². The summed E-state index contributed by atoms with van der Waals surface area (Å²) in [7, 11) is 0. The standard InChI is InChI=1S/C15H16F3N3O/c16-15(17,18)12-6-2-1-4-10(12)8-14-20-19-13-7-3-5-11(9-22)21(13)14/h1-2,4,6,11,22H,3,5,7-9H2. The summed E-state index contributed by atoms with van der Waals surface area (Å²) in [5, 5.41) is 17.6. The van der Waals surface area contributed by atoms with E-state index in [1.54, 1.807) is 10.6 Å². The molecule has 3 rings (SSSR count). The van der Waals surface area contributed by atoms with Crippen LogP contribution in [0.25, 0.3) is 0 Å². The first-order valence-corrected chi connectivity index (χ1v) is 7.19. The molecular formula is C15H16F3N3O. The molecule has 0 saturated carbocycles. The Morgan fingerprint density at radius 2 is 2.00 bits per heavy atom. The molecule has 1 aromatic carbocycles. The number of hydrogen-bond donors (Lipinski definition) is 1. The Bertz CT molecular complexity index is 666. The molecule has 0 bridgehead atoms. The maximum absolute atomic E-state index is 13.1. The van der Waals surface area contributed by atoms with Crippen LogP contribution in [0.5, 0.6) is 0 Å². The average molecular weight is 311 g/mol. The van der Waals surface area contributed by atoms with Gasteiger partial charge in [-0.2, -0.15) is 13.2 Å².